The van der Waals surface area contributed by atoms with Crippen molar-refractivity contribution in [2.45, 2.75) is 63.6 Å². The number of hydrogen-bond donors (Lipinski definition) is 0. The zero-order valence-electron chi connectivity index (χ0n) is 16.9. The second-order valence-electron chi connectivity index (χ2n) is 7.75. The highest BCUT2D eigenvalue weighted by atomic mass is 79.9. The number of aromatic nitrogens is 1. The third-order valence-corrected chi connectivity index (χ3v) is 7.51. The molecule has 174 valence electrons. The molecule has 32 heavy (non-hydrogen) atoms. The van der Waals surface area contributed by atoms with Crippen LogP contribution in [0.2, 0.25) is 0 Å². The standard InChI is InChI=1S/C21H19BrF6N2OS/c1-11-17(32-19(30-11)13-4-6-15(7-5-13)20(23,24)25)18(21(26,27)28)31-10-12-2-3-14(9-29)16(22)8-12/h2-3,8,13,15,18H,4-7,10H2,1H3/t13-,15-,18?. The van der Waals surface area contributed by atoms with E-state index in [1.54, 1.807) is 0 Å². The SMILES string of the molecule is Cc1nc([C@H]2CC[C@H](C(F)(F)F)CC2)sc1C(OCc1ccc(C#N)c(Br)c1)C(F)(F)F. The zero-order chi connectivity index (χ0) is 23.7. The van der Waals surface area contributed by atoms with Crippen molar-refractivity contribution in [2.24, 2.45) is 5.92 Å². The van der Waals surface area contributed by atoms with Crippen molar-refractivity contribution < 1.29 is 31.1 Å². The molecule has 1 fully saturated rings. The van der Waals surface area contributed by atoms with Crippen LogP contribution in [0.3, 0.4) is 0 Å². The lowest BCUT2D eigenvalue weighted by atomic mass is 9.82. The van der Waals surface area contributed by atoms with Gasteiger partial charge in [-0.15, -0.1) is 11.3 Å². The van der Waals surface area contributed by atoms with Crippen molar-refractivity contribution in [1.82, 2.24) is 4.98 Å². The highest BCUT2D eigenvalue weighted by molar-refractivity contribution is 9.10. The Morgan fingerprint density at radius 3 is 2.38 bits per heavy atom. The summed E-state index contributed by atoms with van der Waals surface area (Å²) in [7, 11) is 0. The van der Waals surface area contributed by atoms with Crippen LogP contribution in [0.1, 0.15) is 64.4 Å². The number of benzene rings is 1. The number of nitriles is 1. The second kappa shape index (κ2) is 9.69. The summed E-state index contributed by atoms with van der Waals surface area (Å²) in [4.78, 5) is 4.18. The fourth-order valence-electron chi connectivity index (χ4n) is 3.75. The largest absolute Gasteiger partial charge is 0.419 e. The minimum absolute atomic E-state index is 0.0467. The van der Waals surface area contributed by atoms with Crippen molar-refractivity contribution in [3.05, 3.63) is 49.4 Å². The van der Waals surface area contributed by atoms with E-state index in [1.807, 2.05) is 6.07 Å². The predicted octanol–water partition coefficient (Wildman–Crippen LogP) is 7.74. The Morgan fingerprint density at radius 2 is 1.84 bits per heavy atom. The van der Waals surface area contributed by atoms with Gasteiger partial charge in [-0.1, -0.05) is 6.07 Å². The summed E-state index contributed by atoms with van der Waals surface area (Å²) in [5.74, 6) is -1.65. The molecule has 1 unspecified atom stereocenters. The van der Waals surface area contributed by atoms with Crippen LogP contribution in [0.4, 0.5) is 26.3 Å². The molecule has 1 saturated carbocycles. The number of ether oxygens (including phenoxy) is 1. The molecule has 1 aromatic carbocycles. The molecule has 0 aliphatic heterocycles. The molecule has 1 aromatic heterocycles. The van der Waals surface area contributed by atoms with E-state index in [2.05, 4.69) is 20.9 Å². The van der Waals surface area contributed by atoms with E-state index in [1.165, 1.54) is 25.1 Å². The summed E-state index contributed by atoms with van der Waals surface area (Å²) < 4.78 is 85.8. The number of aryl methyl sites for hydroxylation is 1. The smallest absolute Gasteiger partial charge is 0.358 e. The van der Waals surface area contributed by atoms with Crippen molar-refractivity contribution in [2.75, 3.05) is 0 Å². The van der Waals surface area contributed by atoms with Crippen molar-refractivity contribution in [1.29, 1.82) is 5.26 Å². The van der Waals surface area contributed by atoms with Crippen molar-refractivity contribution in [3.8, 4) is 6.07 Å². The van der Waals surface area contributed by atoms with Crippen LogP contribution in [0.25, 0.3) is 0 Å². The maximum Gasteiger partial charge on any atom is 0.419 e. The second-order valence-corrected chi connectivity index (χ2v) is 9.67. The lowest BCUT2D eigenvalue weighted by molar-refractivity contribution is -0.226. The fourth-order valence-corrected chi connectivity index (χ4v) is 5.58. The monoisotopic (exact) mass is 540 g/mol. The van der Waals surface area contributed by atoms with E-state index in [0.717, 1.165) is 11.3 Å². The Hall–Kier alpha value is -1.64. The average molecular weight is 541 g/mol. The Bertz CT molecular complexity index is 990. The summed E-state index contributed by atoms with van der Waals surface area (Å²) in [6.07, 6.45) is -10.7. The summed E-state index contributed by atoms with van der Waals surface area (Å²) in [6.45, 7) is 1.12. The van der Waals surface area contributed by atoms with Crippen molar-refractivity contribution in [3.63, 3.8) is 0 Å². The molecule has 11 heteroatoms. The molecule has 3 rings (SSSR count). The molecular weight excluding hydrogens is 522 g/mol. The Labute approximate surface area is 193 Å². The van der Waals surface area contributed by atoms with Crippen LogP contribution in [0.15, 0.2) is 22.7 Å². The summed E-state index contributed by atoms with van der Waals surface area (Å²) in [6, 6.07) is 6.48. The van der Waals surface area contributed by atoms with E-state index >= 15 is 0 Å². The highest BCUT2D eigenvalue weighted by Gasteiger charge is 2.45. The number of nitrogens with zero attached hydrogens (tertiary/aromatic N) is 2. The third kappa shape index (κ3) is 5.83. The van der Waals surface area contributed by atoms with E-state index in [-0.39, 0.29) is 48.8 Å². The van der Waals surface area contributed by atoms with E-state index < -0.39 is 24.4 Å². The van der Waals surface area contributed by atoms with Gasteiger partial charge in [-0.2, -0.15) is 31.6 Å². The molecule has 1 heterocycles. The number of halogens is 7. The van der Waals surface area contributed by atoms with Gasteiger partial charge in [0.05, 0.1) is 33.7 Å². The topological polar surface area (TPSA) is 45.9 Å². The highest BCUT2D eigenvalue weighted by Crippen LogP contribution is 2.46. The number of alkyl halides is 6. The lowest BCUT2D eigenvalue weighted by Crippen LogP contribution is -2.27. The summed E-state index contributed by atoms with van der Waals surface area (Å²) in [5, 5.41) is 9.38. The average Bonchev–Trinajstić information content (AvgIpc) is 3.08. The molecule has 0 amide bonds. The Morgan fingerprint density at radius 1 is 1.19 bits per heavy atom. The molecule has 0 bridgehead atoms. The first-order chi connectivity index (χ1) is 14.9. The molecule has 1 atom stereocenters. The van der Waals surface area contributed by atoms with Crippen LogP contribution in [0, 0.1) is 24.2 Å². The lowest BCUT2D eigenvalue weighted by Gasteiger charge is -2.28. The van der Waals surface area contributed by atoms with E-state index in [4.69, 9.17) is 10.00 Å². The fraction of sp³-hybridized carbons (Fsp3) is 0.524. The van der Waals surface area contributed by atoms with Gasteiger partial charge in [0.15, 0.2) is 6.10 Å². The van der Waals surface area contributed by atoms with Crippen molar-refractivity contribution >= 4 is 27.3 Å². The first-order valence-corrected chi connectivity index (χ1v) is 11.4. The summed E-state index contributed by atoms with van der Waals surface area (Å²) in [5.41, 5.74) is 0.980. The first kappa shape index (κ1) is 25.0. The van der Waals surface area contributed by atoms with Gasteiger partial charge >= 0.3 is 12.4 Å². The minimum Gasteiger partial charge on any atom is -0.358 e. The normalized spacial score (nSPS) is 20.7. The van der Waals surface area contributed by atoms with Crippen LogP contribution in [-0.2, 0) is 11.3 Å². The van der Waals surface area contributed by atoms with Crippen LogP contribution < -0.4 is 0 Å². The van der Waals surface area contributed by atoms with E-state index in [0.29, 0.717) is 20.6 Å². The molecule has 0 N–H and O–H groups in total. The molecule has 0 radical (unpaired) electrons. The molecule has 0 saturated heterocycles. The first-order valence-electron chi connectivity index (χ1n) is 9.81. The molecule has 1 aliphatic rings. The number of rotatable bonds is 5. The summed E-state index contributed by atoms with van der Waals surface area (Å²) >= 11 is 4.06. The minimum atomic E-state index is -4.69. The van der Waals surface area contributed by atoms with Crippen LogP contribution >= 0.6 is 27.3 Å². The van der Waals surface area contributed by atoms with Crippen LogP contribution in [-0.4, -0.2) is 17.3 Å². The van der Waals surface area contributed by atoms with Gasteiger partial charge in [0, 0.05) is 10.4 Å². The number of hydrogen-bond acceptors (Lipinski definition) is 4. The zero-order valence-corrected chi connectivity index (χ0v) is 19.3. The van der Waals surface area contributed by atoms with E-state index in [9.17, 15) is 26.3 Å². The quantitative estimate of drug-likeness (QED) is 0.364. The molecule has 2 aromatic rings. The predicted molar refractivity (Wildman–Crippen MR) is 110 cm³/mol. The van der Waals surface area contributed by atoms with Gasteiger partial charge in [-0.25, -0.2) is 4.98 Å². The molecule has 3 nitrogen and oxygen atoms in total. The molecule has 0 spiro atoms. The van der Waals surface area contributed by atoms with Gasteiger partial charge in [0.25, 0.3) is 0 Å². The van der Waals surface area contributed by atoms with Gasteiger partial charge in [-0.05, 0) is 66.2 Å². The van der Waals surface area contributed by atoms with Gasteiger partial charge in [0.1, 0.15) is 6.07 Å². The van der Waals surface area contributed by atoms with Gasteiger partial charge < -0.3 is 4.74 Å². The van der Waals surface area contributed by atoms with Crippen LogP contribution in [0.5, 0.6) is 0 Å². The Kier molecular flexibility index (Phi) is 7.57. The van der Waals surface area contributed by atoms with Gasteiger partial charge in [-0.3, -0.25) is 0 Å². The number of thiazole rings is 1. The third-order valence-electron chi connectivity index (χ3n) is 5.49. The maximum atomic E-state index is 13.8. The van der Waals surface area contributed by atoms with Gasteiger partial charge in [0.2, 0.25) is 0 Å². The molecular formula is C21H19BrF6N2OS. The Balaban J connectivity index is 1.75. The molecule has 1 aliphatic carbocycles. The maximum absolute atomic E-state index is 13.8.